The first-order valence-corrected chi connectivity index (χ1v) is 8.34. The van der Waals surface area contributed by atoms with E-state index in [1.165, 1.54) is 0 Å². The summed E-state index contributed by atoms with van der Waals surface area (Å²) in [4.78, 5) is 23.9. The number of aliphatic carboxylic acids is 1. The second kappa shape index (κ2) is 8.56. The maximum atomic E-state index is 12.3. The molecule has 0 aliphatic rings. The molecule has 21 heavy (non-hydrogen) atoms. The van der Waals surface area contributed by atoms with Crippen LogP contribution in [0.25, 0.3) is 0 Å². The second-order valence-corrected chi connectivity index (χ2v) is 6.35. The lowest BCUT2D eigenvalue weighted by Gasteiger charge is -2.15. The van der Waals surface area contributed by atoms with E-state index in [1.54, 1.807) is 31.2 Å². The summed E-state index contributed by atoms with van der Waals surface area (Å²) in [7, 11) is -1.26. The fraction of sp³-hybridized carbons (Fsp3) is 0.467. The van der Waals surface area contributed by atoms with Crippen LogP contribution in [0, 0.1) is 0 Å². The number of hydrogen-bond acceptors (Lipinski definition) is 3. The van der Waals surface area contributed by atoms with Crippen molar-refractivity contribution in [2.75, 3.05) is 5.75 Å². The fourth-order valence-corrected chi connectivity index (χ4v) is 2.86. The van der Waals surface area contributed by atoms with Gasteiger partial charge in [-0.3, -0.25) is 9.00 Å². The van der Waals surface area contributed by atoms with Gasteiger partial charge >= 0.3 is 5.97 Å². The summed E-state index contributed by atoms with van der Waals surface area (Å²) < 4.78 is 11.9. The zero-order valence-electron chi connectivity index (χ0n) is 12.3. The Morgan fingerprint density at radius 2 is 1.95 bits per heavy atom. The summed E-state index contributed by atoms with van der Waals surface area (Å²) in [6, 6.07) is 5.67. The molecule has 0 spiro atoms. The van der Waals surface area contributed by atoms with E-state index in [9.17, 15) is 13.8 Å². The maximum Gasteiger partial charge on any atom is 0.326 e. The molecule has 2 atom stereocenters. The molecule has 0 radical (unpaired) electrons. The summed E-state index contributed by atoms with van der Waals surface area (Å²) in [5.74, 6) is -1.13. The normalized spacial score (nSPS) is 13.4. The van der Waals surface area contributed by atoms with Crippen LogP contribution in [-0.4, -0.2) is 33.0 Å². The first-order valence-electron chi connectivity index (χ1n) is 7.02. The molecule has 0 aliphatic heterocycles. The number of benzene rings is 1. The van der Waals surface area contributed by atoms with Crippen molar-refractivity contribution in [3.63, 3.8) is 0 Å². The zero-order chi connectivity index (χ0) is 15.8. The van der Waals surface area contributed by atoms with Crippen LogP contribution in [0.15, 0.2) is 29.2 Å². The number of unbranched alkanes of at least 4 members (excludes halogenated alkanes) is 1. The molecule has 0 saturated heterocycles. The lowest BCUT2D eigenvalue weighted by Crippen LogP contribution is -2.41. The van der Waals surface area contributed by atoms with Crippen molar-refractivity contribution in [1.29, 1.82) is 0 Å². The quantitative estimate of drug-likeness (QED) is 0.771. The van der Waals surface area contributed by atoms with Crippen molar-refractivity contribution in [1.82, 2.24) is 5.32 Å². The first kappa shape index (κ1) is 17.4. The van der Waals surface area contributed by atoms with Crippen molar-refractivity contribution < 1.29 is 18.9 Å². The molecule has 0 saturated carbocycles. The topological polar surface area (TPSA) is 83.5 Å². The number of hydrogen-bond donors (Lipinski definition) is 2. The highest BCUT2D eigenvalue weighted by Crippen LogP contribution is 2.14. The van der Waals surface area contributed by atoms with Gasteiger partial charge in [0.25, 0.3) is 5.91 Å². The molecule has 5 nitrogen and oxygen atoms in total. The molecule has 6 heteroatoms. The van der Waals surface area contributed by atoms with Crippen LogP contribution in [0.3, 0.4) is 0 Å². The first-order chi connectivity index (χ1) is 10.0. The van der Waals surface area contributed by atoms with E-state index < -0.39 is 28.7 Å². The molecule has 0 heterocycles. The van der Waals surface area contributed by atoms with Crippen LogP contribution >= 0.6 is 0 Å². The van der Waals surface area contributed by atoms with Crippen molar-refractivity contribution in [2.45, 2.75) is 44.0 Å². The van der Waals surface area contributed by atoms with E-state index in [1.807, 2.05) is 6.92 Å². The number of nitrogens with one attached hydrogen (secondary N) is 1. The Morgan fingerprint density at radius 3 is 2.52 bits per heavy atom. The van der Waals surface area contributed by atoms with Gasteiger partial charge in [-0.25, -0.2) is 4.79 Å². The number of carboxylic acid groups (broad SMARTS) is 1. The van der Waals surface area contributed by atoms with Gasteiger partial charge in [-0.2, -0.15) is 0 Å². The molecule has 1 rings (SSSR count). The van der Waals surface area contributed by atoms with E-state index in [-0.39, 0.29) is 5.56 Å². The van der Waals surface area contributed by atoms with E-state index in [4.69, 9.17) is 5.11 Å². The smallest absolute Gasteiger partial charge is 0.326 e. The number of carbonyl (C=O) groups excluding carboxylic acids is 1. The van der Waals surface area contributed by atoms with Gasteiger partial charge in [-0.1, -0.05) is 38.8 Å². The van der Waals surface area contributed by atoms with Crippen LogP contribution in [0.1, 0.15) is 43.5 Å². The monoisotopic (exact) mass is 311 g/mol. The van der Waals surface area contributed by atoms with Crippen LogP contribution < -0.4 is 5.32 Å². The lowest BCUT2D eigenvalue weighted by atomic mass is 10.1. The third kappa shape index (κ3) is 4.97. The molecule has 0 fully saturated rings. The van der Waals surface area contributed by atoms with Gasteiger partial charge in [0.15, 0.2) is 0 Å². The van der Waals surface area contributed by atoms with Gasteiger partial charge in [-0.15, -0.1) is 0 Å². The molecular formula is C15H21NO4S. The average molecular weight is 311 g/mol. The van der Waals surface area contributed by atoms with Gasteiger partial charge in [-0.05, 0) is 18.6 Å². The number of carboxylic acids is 1. The average Bonchev–Trinajstić information content (AvgIpc) is 2.50. The molecule has 2 N–H and O–H groups in total. The Balaban J connectivity index is 2.92. The third-order valence-corrected chi connectivity index (χ3v) is 4.46. The molecule has 0 aromatic heterocycles. The van der Waals surface area contributed by atoms with Gasteiger partial charge in [0.1, 0.15) is 6.04 Å². The summed E-state index contributed by atoms with van der Waals surface area (Å²) >= 11 is 0. The van der Waals surface area contributed by atoms with Gasteiger partial charge < -0.3 is 10.4 Å². The maximum absolute atomic E-state index is 12.3. The Bertz CT molecular complexity index is 530. The molecule has 1 amide bonds. The number of carbonyl (C=O) groups is 2. The zero-order valence-corrected chi connectivity index (χ0v) is 13.1. The van der Waals surface area contributed by atoms with Crippen LogP contribution in [-0.2, 0) is 15.6 Å². The molecule has 2 unspecified atom stereocenters. The highest BCUT2D eigenvalue weighted by atomic mass is 32.2. The molecular weight excluding hydrogens is 290 g/mol. The van der Waals surface area contributed by atoms with Crippen molar-refractivity contribution in [3.8, 4) is 0 Å². The Hall–Kier alpha value is -1.69. The lowest BCUT2D eigenvalue weighted by molar-refractivity contribution is -0.139. The van der Waals surface area contributed by atoms with E-state index >= 15 is 0 Å². The SMILES string of the molecule is CCCCC(NC(=O)c1ccccc1S(=O)CC)C(=O)O. The molecule has 1 aromatic rings. The summed E-state index contributed by atoms with van der Waals surface area (Å²) in [5, 5.41) is 11.7. The number of rotatable bonds is 8. The molecule has 0 bridgehead atoms. The van der Waals surface area contributed by atoms with Crippen molar-refractivity contribution in [2.24, 2.45) is 0 Å². The summed E-state index contributed by atoms with van der Waals surface area (Å²) in [6.45, 7) is 3.73. The summed E-state index contributed by atoms with van der Waals surface area (Å²) in [6.07, 6.45) is 1.96. The van der Waals surface area contributed by atoms with Crippen LogP contribution in [0.4, 0.5) is 0 Å². The fourth-order valence-electron chi connectivity index (χ4n) is 1.91. The largest absolute Gasteiger partial charge is 0.480 e. The van der Waals surface area contributed by atoms with E-state index in [0.29, 0.717) is 17.1 Å². The predicted octanol–water partition coefficient (Wildman–Crippen LogP) is 2.19. The van der Waals surface area contributed by atoms with Crippen LogP contribution in [0.5, 0.6) is 0 Å². The van der Waals surface area contributed by atoms with Gasteiger partial charge in [0, 0.05) is 5.75 Å². The second-order valence-electron chi connectivity index (χ2n) is 4.64. The highest BCUT2D eigenvalue weighted by molar-refractivity contribution is 7.85. The summed E-state index contributed by atoms with van der Waals surface area (Å²) in [5.41, 5.74) is 0.278. The van der Waals surface area contributed by atoms with Gasteiger partial charge in [0.05, 0.1) is 21.3 Å². The minimum absolute atomic E-state index is 0.278. The third-order valence-electron chi connectivity index (χ3n) is 3.09. The molecule has 1 aromatic carbocycles. The Kier molecular flexibility index (Phi) is 7.08. The van der Waals surface area contributed by atoms with Crippen molar-refractivity contribution in [3.05, 3.63) is 29.8 Å². The molecule has 0 aliphatic carbocycles. The Labute approximate surface area is 127 Å². The highest BCUT2D eigenvalue weighted by Gasteiger charge is 2.22. The Morgan fingerprint density at radius 1 is 1.29 bits per heavy atom. The van der Waals surface area contributed by atoms with Crippen LogP contribution in [0.2, 0.25) is 0 Å². The van der Waals surface area contributed by atoms with E-state index in [0.717, 1.165) is 12.8 Å². The number of amides is 1. The van der Waals surface area contributed by atoms with E-state index in [2.05, 4.69) is 5.32 Å². The van der Waals surface area contributed by atoms with Crippen molar-refractivity contribution >= 4 is 22.7 Å². The standard InChI is InChI=1S/C15H21NO4S/c1-3-5-9-12(15(18)19)16-14(17)11-8-6-7-10-13(11)21(20)4-2/h6-8,10,12H,3-5,9H2,1-2H3,(H,16,17)(H,18,19). The van der Waals surface area contributed by atoms with Gasteiger partial charge in [0.2, 0.25) is 0 Å². The minimum Gasteiger partial charge on any atom is -0.480 e. The minimum atomic E-state index is -1.26. The molecule has 116 valence electrons. The predicted molar refractivity (Wildman–Crippen MR) is 81.8 cm³/mol.